The van der Waals surface area contributed by atoms with E-state index in [1.54, 1.807) is 0 Å². The van der Waals surface area contributed by atoms with Crippen molar-refractivity contribution in [2.24, 2.45) is 22.2 Å². The molecule has 4 atom stereocenters. The minimum Gasteiger partial charge on any atom is -0.381 e. The summed E-state index contributed by atoms with van der Waals surface area (Å²) in [6.45, 7) is 11.3. The Hall–Kier alpha value is -0.0800. The van der Waals surface area contributed by atoms with Crippen molar-refractivity contribution >= 4 is 29.9 Å². The van der Waals surface area contributed by atoms with Gasteiger partial charge in [0.15, 0.2) is 5.96 Å². The number of hydrogen-bond donors (Lipinski definition) is 1. The molecule has 3 aliphatic rings. The summed E-state index contributed by atoms with van der Waals surface area (Å²) < 4.78 is 11.5. The van der Waals surface area contributed by atoms with E-state index in [1.165, 1.54) is 12.8 Å². The number of fused-ring (bicyclic) bond motifs is 1. The van der Waals surface area contributed by atoms with Crippen LogP contribution in [0.25, 0.3) is 0 Å². The average Bonchev–Trinajstić information content (AvgIpc) is 3.04. The van der Waals surface area contributed by atoms with Crippen molar-refractivity contribution in [1.82, 2.24) is 10.2 Å². The first-order valence-corrected chi connectivity index (χ1v) is 9.25. The van der Waals surface area contributed by atoms with E-state index in [0.29, 0.717) is 24.0 Å². The molecule has 2 saturated heterocycles. The van der Waals surface area contributed by atoms with E-state index < -0.39 is 0 Å². The number of nitrogens with zero attached hydrogens (tertiary/aromatic N) is 2. The zero-order valence-electron chi connectivity index (χ0n) is 15.6. The molecule has 24 heavy (non-hydrogen) atoms. The maximum atomic E-state index is 6.02. The van der Waals surface area contributed by atoms with Gasteiger partial charge in [-0.2, -0.15) is 0 Å². The number of ether oxygens (including phenoxy) is 2. The zero-order chi connectivity index (χ0) is 16.4. The van der Waals surface area contributed by atoms with Crippen LogP contribution < -0.4 is 5.32 Å². The molecule has 0 aromatic rings. The molecule has 2 aliphatic heterocycles. The van der Waals surface area contributed by atoms with Crippen LogP contribution in [-0.2, 0) is 9.47 Å². The van der Waals surface area contributed by atoms with Crippen LogP contribution in [0.3, 0.4) is 0 Å². The molecule has 140 valence electrons. The molecule has 3 rings (SSSR count). The van der Waals surface area contributed by atoms with Crippen molar-refractivity contribution in [3.05, 3.63) is 0 Å². The van der Waals surface area contributed by atoms with Crippen molar-refractivity contribution in [2.45, 2.75) is 52.2 Å². The highest BCUT2D eigenvalue weighted by molar-refractivity contribution is 14.0. The van der Waals surface area contributed by atoms with E-state index >= 15 is 0 Å². The number of nitrogens with one attached hydrogen (secondary N) is 1. The normalized spacial score (nSPS) is 34.8. The second-order valence-corrected chi connectivity index (χ2v) is 7.95. The molecule has 0 amide bonds. The lowest BCUT2D eigenvalue weighted by Crippen LogP contribution is -2.71. The van der Waals surface area contributed by atoms with E-state index in [1.807, 2.05) is 0 Å². The van der Waals surface area contributed by atoms with E-state index in [9.17, 15) is 0 Å². The van der Waals surface area contributed by atoms with Gasteiger partial charge in [-0.15, -0.1) is 24.0 Å². The highest BCUT2D eigenvalue weighted by Crippen LogP contribution is 2.51. The lowest BCUT2D eigenvalue weighted by atomic mass is 9.55. The van der Waals surface area contributed by atoms with Gasteiger partial charge in [0.05, 0.1) is 12.7 Å². The third-order valence-corrected chi connectivity index (χ3v) is 5.84. The molecule has 1 saturated carbocycles. The van der Waals surface area contributed by atoms with Crippen molar-refractivity contribution in [1.29, 1.82) is 0 Å². The van der Waals surface area contributed by atoms with Gasteiger partial charge in [0, 0.05) is 56.6 Å². The second-order valence-electron chi connectivity index (χ2n) is 7.95. The molecule has 0 aromatic carbocycles. The maximum absolute atomic E-state index is 6.02. The molecule has 0 aromatic heterocycles. The lowest BCUT2D eigenvalue weighted by molar-refractivity contribution is -0.188. The summed E-state index contributed by atoms with van der Waals surface area (Å²) in [5.41, 5.74) is 0.177. The van der Waals surface area contributed by atoms with Crippen molar-refractivity contribution < 1.29 is 9.47 Å². The minimum atomic E-state index is 0. The predicted octanol–water partition coefficient (Wildman–Crippen LogP) is 2.74. The molecular formula is C18H34IN3O2. The van der Waals surface area contributed by atoms with Gasteiger partial charge in [0.2, 0.25) is 0 Å². The first-order chi connectivity index (χ1) is 11.0. The number of hydrogen-bond acceptors (Lipinski definition) is 3. The fourth-order valence-electron chi connectivity index (χ4n) is 4.58. The molecule has 0 radical (unpaired) electrons. The molecular weight excluding hydrogens is 417 g/mol. The van der Waals surface area contributed by atoms with Crippen molar-refractivity contribution in [3.63, 3.8) is 0 Å². The first kappa shape index (κ1) is 20.2. The maximum Gasteiger partial charge on any atom is 0.193 e. The average molecular weight is 451 g/mol. The van der Waals surface area contributed by atoms with Gasteiger partial charge in [-0.1, -0.05) is 13.8 Å². The second kappa shape index (κ2) is 8.54. The number of guanidine groups is 1. The van der Waals surface area contributed by atoms with Crippen LogP contribution in [-0.4, -0.2) is 63.0 Å². The SMILES string of the molecule is CCN=C(NC1C2CCCOC2C1(C)C)N(C)CC1CCOC1.I. The van der Waals surface area contributed by atoms with E-state index in [4.69, 9.17) is 14.5 Å². The first-order valence-electron chi connectivity index (χ1n) is 9.25. The zero-order valence-corrected chi connectivity index (χ0v) is 17.9. The highest BCUT2D eigenvalue weighted by atomic mass is 127. The summed E-state index contributed by atoms with van der Waals surface area (Å²) in [4.78, 5) is 7.03. The molecule has 1 aliphatic carbocycles. The molecule has 0 bridgehead atoms. The Morgan fingerprint density at radius 1 is 1.29 bits per heavy atom. The largest absolute Gasteiger partial charge is 0.381 e. The Labute approximate surface area is 164 Å². The van der Waals surface area contributed by atoms with Crippen LogP contribution in [0, 0.1) is 17.3 Å². The van der Waals surface area contributed by atoms with Crippen LogP contribution >= 0.6 is 24.0 Å². The Kier molecular flexibility index (Phi) is 7.20. The van der Waals surface area contributed by atoms with E-state index in [0.717, 1.165) is 45.3 Å². The van der Waals surface area contributed by atoms with Gasteiger partial charge < -0.3 is 19.7 Å². The summed E-state index contributed by atoms with van der Waals surface area (Å²) in [7, 11) is 2.15. The van der Waals surface area contributed by atoms with Crippen LogP contribution in [0.5, 0.6) is 0 Å². The Bertz CT molecular complexity index is 438. The van der Waals surface area contributed by atoms with Gasteiger partial charge >= 0.3 is 0 Å². The van der Waals surface area contributed by atoms with Crippen molar-refractivity contribution in [3.8, 4) is 0 Å². The smallest absolute Gasteiger partial charge is 0.193 e. The van der Waals surface area contributed by atoms with Crippen molar-refractivity contribution in [2.75, 3.05) is 40.0 Å². The molecule has 2 heterocycles. The Morgan fingerprint density at radius 3 is 2.75 bits per heavy atom. The summed E-state index contributed by atoms with van der Waals surface area (Å²) in [6.07, 6.45) is 4.03. The number of aliphatic imine (C=N–C) groups is 1. The van der Waals surface area contributed by atoms with E-state index in [2.05, 4.69) is 38.0 Å². The van der Waals surface area contributed by atoms with Crippen LogP contribution in [0.15, 0.2) is 4.99 Å². The summed E-state index contributed by atoms with van der Waals surface area (Å²) in [5.74, 6) is 2.30. The Balaban J connectivity index is 0.00000208. The van der Waals surface area contributed by atoms with Gasteiger partial charge in [0.1, 0.15) is 0 Å². The van der Waals surface area contributed by atoms with Gasteiger partial charge in [-0.05, 0) is 26.2 Å². The minimum absolute atomic E-state index is 0. The Morgan fingerprint density at radius 2 is 2.08 bits per heavy atom. The van der Waals surface area contributed by atoms with Crippen LogP contribution in [0.2, 0.25) is 0 Å². The highest BCUT2D eigenvalue weighted by Gasteiger charge is 2.58. The molecule has 6 heteroatoms. The van der Waals surface area contributed by atoms with Gasteiger partial charge in [0.25, 0.3) is 0 Å². The summed E-state index contributed by atoms with van der Waals surface area (Å²) in [6, 6.07) is 0.459. The van der Waals surface area contributed by atoms with Gasteiger partial charge in [-0.25, -0.2) is 0 Å². The number of rotatable bonds is 4. The monoisotopic (exact) mass is 451 g/mol. The molecule has 3 fully saturated rings. The molecule has 5 nitrogen and oxygen atoms in total. The topological polar surface area (TPSA) is 46.1 Å². The van der Waals surface area contributed by atoms with Gasteiger partial charge in [-0.3, -0.25) is 4.99 Å². The molecule has 1 N–H and O–H groups in total. The predicted molar refractivity (Wildman–Crippen MR) is 108 cm³/mol. The third-order valence-electron chi connectivity index (χ3n) is 5.84. The molecule has 4 unspecified atom stereocenters. The number of halogens is 1. The van der Waals surface area contributed by atoms with Crippen LogP contribution in [0.1, 0.15) is 40.0 Å². The standard InChI is InChI=1S/C18H33N3O2.HI/c1-5-19-17(21(4)11-13-8-10-22-12-13)20-15-14-7-6-9-23-16(14)18(15,2)3;/h13-16H,5-12H2,1-4H3,(H,19,20);1H. The fraction of sp³-hybridized carbons (Fsp3) is 0.944. The quantitative estimate of drug-likeness (QED) is 0.406. The van der Waals surface area contributed by atoms with Crippen LogP contribution in [0.4, 0.5) is 0 Å². The summed E-state index contributed by atoms with van der Waals surface area (Å²) in [5, 5.41) is 3.77. The fourth-order valence-corrected chi connectivity index (χ4v) is 4.58. The molecule has 0 spiro atoms. The summed E-state index contributed by atoms with van der Waals surface area (Å²) >= 11 is 0. The van der Waals surface area contributed by atoms with E-state index in [-0.39, 0.29) is 29.4 Å². The third kappa shape index (κ3) is 4.01. The lowest BCUT2D eigenvalue weighted by Gasteiger charge is -2.60.